The zero-order valence-electron chi connectivity index (χ0n) is 13.3. The molecule has 0 bridgehead atoms. The number of aromatic nitrogens is 2. The average molecular weight is 267 g/mol. The van der Waals surface area contributed by atoms with Gasteiger partial charge in [0, 0.05) is 31.8 Å². The van der Waals surface area contributed by atoms with Crippen molar-refractivity contribution in [1.29, 1.82) is 0 Å². The summed E-state index contributed by atoms with van der Waals surface area (Å²) in [6, 6.07) is 2.46. The number of hydrogen-bond acceptors (Lipinski definition) is 3. The van der Waals surface area contributed by atoms with Crippen LogP contribution in [0.5, 0.6) is 0 Å². The molecule has 0 fully saturated rings. The Morgan fingerprint density at radius 3 is 2.53 bits per heavy atom. The van der Waals surface area contributed by atoms with Crippen LogP contribution < -0.4 is 5.32 Å². The predicted octanol–water partition coefficient (Wildman–Crippen LogP) is 2.45. The van der Waals surface area contributed by atoms with Gasteiger partial charge in [0.05, 0.1) is 11.3 Å². The standard InChI is InChI=1S/C15H29N3O/c1-7-15(5,19-9-3)14(16-8-2)11-13-10-12(4)17-18(13)6/h10,14,16H,7-9,11H2,1-6H3. The van der Waals surface area contributed by atoms with Crippen LogP contribution in [-0.4, -0.2) is 34.6 Å². The Balaban J connectivity index is 2.90. The summed E-state index contributed by atoms with van der Waals surface area (Å²) in [7, 11) is 2.01. The lowest BCUT2D eigenvalue weighted by Crippen LogP contribution is -2.51. The summed E-state index contributed by atoms with van der Waals surface area (Å²) in [6.45, 7) is 12.3. The van der Waals surface area contributed by atoms with Gasteiger partial charge in [-0.1, -0.05) is 13.8 Å². The molecule has 1 aromatic rings. The van der Waals surface area contributed by atoms with E-state index < -0.39 is 0 Å². The molecule has 4 heteroatoms. The van der Waals surface area contributed by atoms with E-state index in [1.54, 1.807) is 0 Å². The molecule has 0 amide bonds. The monoisotopic (exact) mass is 267 g/mol. The summed E-state index contributed by atoms with van der Waals surface area (Å²) >= 11 is 0. The zero-order chi connectivity index (χ0) is 14.5. The van der Waals surface area contributed by atoms with Gasteiger partial charge in [-0.25, -0.2) is 0 Å². The highest BCUT2D eigenvalue weighted by molar-refractivity contribution is 5.11. The smallest absolute Gasteiger partial charge is 0.0807 e. The first-order chi connectivity index (χ1) is 8.96. The SMILES string of the molecule is CCNC(Cc1cc(C)nn1C)C(C)(CC)OCC. The number of rotatable bonds is 8. The Morgan fingerprint density at radius 1 is 1.42 bits per heavy atom. The summed E-state index contributed by atoms with van der Waals surface area (Å²) in [5, 5.41) is 8.00. The lowest BCUT2D eigenvalue weighted by atomic mass is 9.89. The van der Waals surface area contributed by atoms with Gasteiger partial charge in [-0.05, 0) is 39.8 Å². The summed E-state index contributed by atoms with van der Waals surface area (Å²) in [5.74, 6) is 0. The second kappa shape index (κ2) is 7.06. The molecule has 4 nitrogen and oxygen atoms in total. The number of ether oxygens (including phenoxy) is 1. The number of nitrogens with zero attached hydrogens (tertiary/aromatic N) is 2. The minimum atomic E-state index is -0.136. The maximum Gasteiger partial charge on any atom is 0.0807 e. The molecule has 0 saturated carbocycles. The van der Waals surface area contributed by atoms with Crippen LogP contribution >= 0.6 is 0 Å². The van der Waals surface area contributed by atoms with Crippen LogP contribution in [0.25, 0.3) is 0 Å². The van der Waals surface area contributed by atoms with Crippen LogP contribution in [0.3, 0.4) is 0 Å². The van der Waals surface area contributed by atoms with Gasteiger partial charge < -0.3 is 10.1 Å². The third-order valence-electron chi connectivity index (χ3n) is 3.88. The lowest BCUT2D eigenvalue weighted by Gasteiger charge is -2.37. The summed E-state index contributed by atoms with van der Waals surface area (Å²) in [5.41, 5.74) is 2.19. The molecule has 19 heavy (non-hydrogen) atoms. The highest BCUT2D eigenvalue weighted by Gasteiger charge is 2.33. The minimum absolute atomic E-state index is 0.136. The van der Waals surface area contributed by atoms with Gasteiger partial charge in [0.2, 0.25) is 0 Å². The van der Waals surface area contributed by atoms with Gasteiger partial charge in [0.1, 0.15) is 0 Å². The first-order valence-corrected chi connectivity index (χ1v) is 7.33. The van der Waals surface area contributed by atoms with E-state index in [0.717, 1.165) is 31.7 Å². The molecule has 0 aliphatic carbocycles. The Hall–Kier alpha value is -0.870. The van der Waals surface area contributed by atoms with Gasteiger partial charge in [-0.2, -0.15) is 5.10 Å². The molecule has 0 aliphatic rings. The van der Waals surface area contributed by atoms with Crippen molar-refractivity contribution in [2.45, 2.75) is 59.1 Å². The fourth-order valence-electron chi connectivity index (χ4n) is 2.59. The van der Waals surface area contributed by atoms with E-state index in [-0.39, 0.29) is 5.60 Å². The van der Waals surface area contributed by atoms with Crippen molar-refractivity contribution in [2.24, 2.45) is 7.05 Å². The van der Waals surface area contributed by atoms with Crippen molar-refractivity contribution in [2.75, 3.05) is 13.2 Å². The maximum atomic E-state index is 6.02. The highest BCUT2D eigenvalue weighted by Crippen LogP contribution is 2.23. The number of hydrogen-bond donors (Lipinski definition) is 1. The fraction of sp³-hybridized carbons (Fsp3) is 0.800. The Kier molecular flexibility index (Phi) is 6.01. The van der Waals surface area contributed by atoms with Crippen LogP contribution in [-0.2, 0) is 18.2 Å². The van der Waals surface area contributed by atoms with Gasteiger partial charge in [0.15, 0.2) is 0 Å². The molecule has 110 valence electrons. The van der Waals surface area contributed by atoms with E-state index >= 15 is 0 Å². The quantitative estimate of drug-likeness (QED) is 0.786. The van der Waals surface area contributed by atoms with E-state index in [4.69, 9.17) is 4.74 Å². The summed E-state index contributed by atoms with van der Waals surface area (Å²) in [4.78, 5) is 0. The highest BCUT2D eigenvalue weighted by atomic mass is 16.5. The van der Waals surface area contributed by atoms with Crippen molar-refractivity contribution >= 4 is 0 Å². The van der Waals surface area contributed by atoms with Crippen LogP contribution in [0.4, 0.5) is 0 Å². The molecular weight excluding hydrogens is 238 g/mol. The molecule has 1 heterocycles. The number of nitrogens with one attached hydrogen (secondary N) is 1. The topological polar surface area (TPSA) is 39.1 Å². The number of likely N-dealkylation sites (N-methyl/N-ethyl adjacent to an activating group) is 1. The molecule has 0 radical (unpaired) electrons. The Morgan fingerprint density at radius 2 is 2.11 bits per heavy atom. The third kappa shape index (κ3) is 4.05. The van der Waals surface area contributed by atoms with E-state index in [1.165, 1.54) is 5.69 Å². The molecule has 0 aromatic carbocycles. The molecule has 1 rings (SSSR count). The van der Waals surface area contributed by atoms with Crippen LogP contribution in [0.1, 0.15) is 45.5 Å². The normalized spacial score (nSPS) is 16.3. The van der Waals surface area contributed by atoms with Crippen molar-refractivity contribution in [3.05, 3.63) is 17.5 Å². The predicted molar refractivity (Wildman–Crippen MR) is 79.4 cm³/mol. The van der Waals surface area contributed by atoms with Crippen LogP contribution in [0, 0.1) is 6.92 Å². The van der Waals surface area contributed by atoms with Crippen molar-refractivity contribution in [3.63, 3.8) is 0 Å². The maximum absolute atomic E-state index is 6.02. The van der Waals surface area contributed by atoms with Gasteiger partial charge in [0.25, 0.3) is 0 Å². The molecule has 1 N–H and O–H groups in total. The van der Waals surface area contributed by atoms with E-state index in [0.29, 0.717) is 6.04 Å². The third-order valence-corrected chi connectivity index (χ3v) is 3.88. The second-order valence-corrected chi connectivity index (χ2v) is 5.31. The second-order valence-electron chi connectivity index (χ2n) is 5.31. The Bertz CT molecular complexity index is 389. The molecule has 2 atom stereocenters. The summed E-state index contributed by atoms with van der Waals surface area (Å²) < 4.78 is 7.99. The molecule has 0 saturated heterocycles. The van der Waals surface area contributed by atoms with Gasteiger partial charge in [-0.15, -0.1) is 0 Å². The molecule has 0 spiro atoms. The Labute approximate surface area is 117 Å². The average Bonchev–Trinajstić information content (AvgIpc) is 2.67. The van der Waals surface area contributed by atoms with E-state index in [9.17, 15) is 0 Å². The largest absolute Gasteiger partial charge is 0.374 e. The number of aryl methyl sites for hydroxylation is 2. The molecular formula is C15H29N3O. The van der Waals surface area contributed by atoms with E-state index in [2.05, 4.69) is 44.2 Å². The zero-order valence-corrected chi connectivity index (χ0v) is 13.3. The van der Waals surface area contributed by atoms with Crippen molar-refractivity contribution in [1.82, 2.24) is 15.1 Å². The molecule has 0 aliphatic heterocycles. The molecule has 2 unspecified atom stereocenters. The van der Waals surface area contributed by atoms with Crippen molar-refractivity contribution < 1.29 is 4.74 Å². The first kappa shape index (κ1) is 16.2. The van der Waals surface area contributed by atoms with Gasteiger partial charge in [-0.3, -0.25) is 4.68 Å². The lowest BCUT2D eigenvalue weighted by molar-refractivity contribution is -0.0550. The van der Waals surface area contributed by atoms with Crippen molar-refractivity contribution in [3.8, 4) is 0 Å². The summed E-state index contributed by atoms with van der Waals surface area (Å²) in [6.07, 6.45) is 1.94. The van der Waals surface area contributed by atoms with E-state index in [1.807, 2.05) is 18.7 Å². The van der Waals surface area contributed by atoms with Crippen LogP contribution in [0.2, 0.25) is 0 Å². The molecule has 1 aromatic heterocycles. The van der Waals surface area contributed by atoms with Crippen LogP contribution in [0.15, 0.2) is 6.07 Å². The fourth-order valence-corrected chi connectivity index (χ4v) is 2.59. The first-order valence-electron chi connectivity index (χ1n) is 7.33. The van der Waals surface area contributed by atoms with Gasteiger partial charge >= 0.3 is 0 Å². The minimum Gasteiger partial charge on any atom is -0.374 e.